The third kappa shape index (κ3) is 46.7. The van der Waals surface area contributed by atoms with Gasteiger partial charge >= 0.3 is 16.4 Å². The molecule has 1 aliphatic heterocycles. The Balaban J connectivity index is 2.30. The summed E-state index contributed by atoms with van der Waals surface area (Å²) in [6.07, 6.45) is 67.4. The van der Waals surface area contributed by atoms with Gasteiger partial charge in [-0.05, 0) is 96.3 Å². The third-order valence-corrected chi connectivity index (χ3v) is 14.2. The minimum atomic E-state index is -5.08. The Hall–Kier alpha value is -2.98. The molecule has 0 radical (unpaired) electrons. The Morgan fingerprint density at radius 3 is 1.31 bits per heavy atom. The zero-order valence-corrected chi connectivity index (χ0v) is 49.8. The normalized spacial score (nSPS) is 19.1. The molecule has 0 amide bonds. The largest absolute Gasteiger partial charge is 0.457 e. The van der Waals surface area contributed by atoms with Gasteiger partial charge < -0.3 is 34.3 Å². The first-order valence-corrected chi connectivity index (χ1v) is 32.4. The van der Waals surface area contributed by atoms with Crippen LogP contribution in [0.2, 0.25) is 0 Å². The second-order valence-electron chi connectivity index (χ2n) is 20.9. The summed E-state index contributed by atoms with van der Waals surface area (Å²) < 4.78 is 59.5. The SMILES string of the molecule is CC/C=C\C/C=C\C/C=C\C/C=C\C/C=C\C/C=C\C/C=C\CCCCCC(=O)OC(COCCCCCCCCCCCCCCCC/C=C\CCCCCCCCCC)COC1OC(CO)C(O)C(OS(=O)(=O)O)C1O. The molecule has 0 aromatic carbocycles. The lowest BCUT2D eigenvalue weighted by Crippen LogP contribution is -2.60. The van der Waals surface area contributed by atoms with Gasteiger partial charge in [-0.15, -0.1) is 0 Å². The summed E-state index contributed by atoms with van der Waals surface area (Å²) in [6.45, 7) is 3.86. The number of aliphatic hydroxyl groups is 3. The molecule has 13 heteroatoms. The highest BCUT2D eigenvalue weighted by atomic mass is 32.3. The van der Waals surface area contributed by atoms with E-state index in [0.717, 1.165) is 83.5 Å². The van der Waals surface area contributed by atoms with Gasteiger partial charge in [0.2, 0.25) is 0 Å². The van der Waals surface area contributed by atoms with Gasteiger partial charge in [0, 0.05) is 13.0 Å². The number of aliphatic hydroxyl groups excluding tert-OH is 3. The quantitative estimate of drug-likeness (QED) is 0.0196. The van der Waals surface area contributed by atoms with Crippen molar-refractivity contribution in [3.63, 3.8) is 0 Å². The predicted octanol–water partition coefficient (Wildman–Crippen LogP) is 16.1. The van der Waals surface area contributed by atoms with Gasteiger partial charge in [0.15, 0.2) is 6.29 Å². The molecule has 0 spiro atoms. The van der Waals surface area contributed by atoms with E-state index in [1.165, 1.54) is 135 Å². The fraction of sp³-hybridized carbons (Fsp3) is 0.738. The van der Waals surface area contributed by atoms with Crippen molar-refractivity contribution in [3.8, 4) is 0 Å². The van der Waals surface area contributed by atoms with E-state index in [1.807, 2.05) is 0 Å². The number of carbonyl (C=O) groups is 1. The number of ether oxygens (including phenoxy) is 4. The van der Waals surface area contributed by atoms with Crippen LogP contribution in [-0.2, 0) is 38.3 Å². The summed E-state index contributed by atoms with van der Waals surface area (Å²) in [6, 6.07) is 0. The maximum absolute atomic E-state index is 13.0. The molecule has 1 saturated heterocycles. The first kappa shape index (κ1) is 73.0. The lowest BCUT2D eigenvalue weighted by molar-refractivity contribution is -0.301. The smallest absolute Gasteiger partial charge is 0.397 e. The van der Waals surface area contributed by atoms with E-state index < -0.39 is 59.8 Å². The van der Waals surface area contributed by atoms with Crippen molar-refractivity contribution in [2.45, 2.75) is 282 Å². The average molecular weight is 1120 g/mol. The van der Waals surface area contributed by atoms with Crippen LogP contribution in [0.25, 0.3) is 0 Å². The van der Waals surface area contributed by atoms with Crippen LogP contribution in [0.15, 0.2) is 97.2 Å². The third-order valence-electron chi connectivity index (χ3n) is 13.7. The fourth-order valence-electron chi connectivity index (χ4n) is 9.06. The second-order valence-corrected chi connectivity index (χ2v) is 22.0. The van der Waals surface area contributed by atoms with Gasteiger partial charge in [-0.2, -0.15) is 8.42 Å². The maximum atomic E-state index is 13.0. The van der Waals surface area contributed by atoms with Crippen molar-refractivity contribution in [1.29, 1.82) is 0 Å². The van der Waals surface area contributed by atoms with Gasteiger partial charge in [-0.1, -0.05) is 239 Å². The molecule has 1 heterocycles. The topological polar surface area (TPSA) is 178 Å². The molecule has 12 nitrogen and oxygen atoms in total. The number of hydrogen-bond acceptors (Lipinski definition) is 11. The maximum Gasteiger partial charge on any atom is 0.397 e. The summed E-state index contributed by atoms with van der Waals surface area (Å²) in [4.78, 5) is 13.0. The molecule has 0 aromatic heterocycles. The molecule has 1 aliphatic rings. The molecular weight excluding hydrogens is 1000 g/mol. The van der Waals surface area contributed by atoms with Crippen molar-refractivity contribution in [2.24, 2.45) is 0 Å². The van der Waals surface area contributed by atoms with Crippen molar-refractivity contribution >= 4 is 16.4 Å². The zero-order valence-electron chi connectivity index (χ0n) is 48.9. The van der Waals surface area contributed by atoms with E-state index in [2.05, 4.69) is 115 Å². The van der Waals surface area contributed by atoms with Gasteiger partial charge in [0.25, 0.3) is 0 Å². The Morgan fingerprint density at radius 1 is 0.500 bits per heavy atom. The predicted molar refractivity (Wildman–Crippen MR) is 322 cm³/mol. The molecule has 6 atom stereocenters. The lowest BCUT2D eigenvalue weighted by Gasteiger charge is -2.41. The minimum absolute atomic E-state index is 0.0178. The molecular formula is C65H112O12S. The van der Waals surface area contributed by atoms with Crippen LogP contribution in [0.5, 0.6) is 0 Å². The number of unbranched alkanes of at least 4 members (excludes halogenated alkanes) is 25. The van der Waals surface area contributed by atoms with Crippen LogP contribution >= 0.6 is 0 Å². The first-order valence-electron chi connectivity index (χ1n) is 31.0. The van der Waals surface area contributed by atoms with Gasteiger partial charge in [-0.25, -0.2) is 4.18 Å². The van der Waals surface area contributed by atoms with Gasteiger partial charge in [0.05, 0.1) is 19.8 Å². The Bertz CT molecular complexity index is 1720. The fourth-order valence-corrected chi connectivity index (χ4v) is 9.57. The zero-order chi connectivity index (χ0) is 56.7. The van der Waals surface area contributed by atoms with Crippen molar-refractivity contribution in [3.05, 3.63) is 97.2 Å². The lowest BCUT2D eigenvalue weighted by atomic mass is 9.99. The molecule has 78 heavy (non-hydrogen) atoms. The first-order chi connectivity index (χ1) is 38.1. The molecule has 4 N–H and O–H groups in total. The molecule has 0 aliphatic carbocycles. The van der Waals surface area contributed by atoms with E-state index in [4.69, 9.17) is 18.9 Å². The Kier molecular flexibility index (Phi) is 51.1. The summed E-state index contributed by atoms with van der Waals surface area (Å²) in [5.41, 5.74) is 0. The van der Waals surface area contributed by atoms with Crippen molar-refractivity contribution in [1.82, 2.24) is 0 Å². The van der Waals surface area contributed by atoms with E-state index in [-0.39, 0.29) is 19.6 Å². The monoisotopic (exact) mass is 1120 g/mol. The molecule has 0 bridgehead atoms. The average Bonchev–Trinajstić information content (AvgIpc) is 3.46. The number of rotatable bonds is 54. The molecule has 6 unspecified atom stereocenters. The Morgan fingerprint density at radius 2 is 0.885 bits per heavy atom. The minimum Gasteiger partial charge on any atom is -0.457 e. The highest BCUT2D eigenvalue weighted by Gasteiger charge is 2.48. The van der Waals surface area contributed by atoms with Gasteiger partial charge in [-0.3, -0.25) is 9.35 Å². The number of esters is 1. The summed E-state index contributed by atoms with van der Waals surface area (Å²) >= 11 is 0. The van der Waals surface area contributed by atoms with E-state index >= 15 is 0 Å². The highest BCUT2D eigenvalue weighted by molar-refractivity contribution is 7.80. The van der Waals surface area contributed by atoms with Crippen LogP contribution in [0, 0.1) is 0 Å². The number of allylic oxidation sites excluding steroid dienone is 16. The van der Waals surface area contributed by atoms with Crippen LogP contribution in [0.4, 0.5) is 0 Å². The highest BCUT2D eigenvalue weighted by Crippen LogP contribution is 2.26. The second kappa shape index (κ2) is 54.6. The van der Waals surface area contributed by atoms with E-state index in [0.29, 0.717) is 13.0 Å². The van der Waals surface area contributed by atoms with Crippen molar-refractivity contribution in [2.75, 3.05) is 26.4 Å². The summed E-state index contributed by atoms with van der Waals surface area (Å²) in [5, 5.41) is 30.9. The summed E-state index contributed by atoms with van der Waals surface area (Å²) in [5.74, 6) is -0.431. The molecule has 0 saturated carbocycles. The van der Waals surface area contributed by atoms with Gasteiger partial charge in [0.1, 0.15) is 30.5 Å². The summed E-state index contributed by atoms with van der Waals surface area (Å²) in [7, 11) is -5.08. The standard InChI is InChI=1S/C65H112O12S/c1-3-5-7-9-11-13-15-17-19-21-23-25-27-29-31-33-35-37-39-41-43-45-47-49-51-53-55-73-57-59(58-74-65-63(69)64(77-78(70,71)72)62(68)60(56-66)76-65)75-61(67)54-52-50-48-46-44-42-40-38-36-34-32-30-28-26-24-22-20-18-16-14-12-10-8-6-4-2/h6,8,12,14,18,20-21,23-24,26,30,32,36,38,42,44,59-60,62-66,68-69H,3-5,7,9-11,13,15-17,19,22,25,27-29,31,33-35,37,39-41,43,45-58H2,1-2H3,(H,70,71,72)/b8-6-,14-12-,20-18-,23-21-,26-24-,32-30-,38-36-,44-42-. The Labute approximate surface area is 476 Å². The van der Waals surface area contributed by atoms with Crippen molar-refractivity contribution < 1.29 is 56.2 Å². The van der Waals surface area contributed by atoms with Crippen LogP contribution in [0.1, 0.15) is 245 Å². The van der Waals surface area contributed by atoms with E-state index in [1.54, 1.807) is 0 Å². The van der Waals surface area contributed by atoms with E-state index in [9.17, 15) is 33.1 Å². The molecule has 0 aromatic rings. The number of carbonyl (C=O) groups excluding carboxylic acids is 1. The number of hydrogen-bond donors (Lipinski definition) is 4. The molecule has 1 fully saturated rings. The van der Waals surface area contributed by atoms with Crippen LogP contribution in [-0.4, -0.2) is 97.5 Å². The van der Waals surface area contributed by atoms with Crippen LogP contribution < -0.4 is 0 Å². The molecule has 450 valence electrons. The van der Waals surface area contributed by atoms with Crippen LogP contribution in [0.3, 0.4) is 0 Å². The molecule has 1 rings (SSSR count).